The molecule has 6 heteroatoms. The molecule has 0 spiro atoms. The van der Waals surface area contributed by atoms with E-state index in [0.29, 0.717) is 21.4 Å². The molecule has 88 valence electrons. The number of nitrogens with two attached hydrogens (primary N) is 1. The largest absolute Gasteiger partial charge is 0.397 e. The van der Waals surface area contributed by atoms with Gasteiger partial charge >= 0.3 is 0 Å². The number of pyridine rings is 1. The minimum Gasteiger partial charge on any atom is -0.397 e. The number of hydrogen-bond donors (Lipinski definition) is 2. The van der Waals surface area contributed by atoms with Gasteiger partial charge in [0.05, 0.1) is 17.6 Å². The van der Waals surface area contributed by atoms with E-state index in [2.05, 4.69) is 10.3 Å². The second-order valence-corrected chi connectivity index (χ2v) is 4.75. The number of rotatable bonds is 2. The van der Waals surface area contributed by atoms with Gasteiger partial charge in [-0.1, -0.05) is 11.6 Å². The molecule has 0 saturated heterocycles. The molecule has 0 radical (unpaired) electrons. The van der Waals surface area contributed by atoms with Crippen LogP contribution >= 0.6 is 22.9 Å². The number of aromatic nitrogens is 1. The molecule has 2 aromatic rings. The lowest BCUT2D eigenvalue weighted by atomic mass is 10.2. The van der Waals surface area contributed by atoms with Crippen molar-refractivity contribution in [3.63, 3.8) is 0 Å². The van der Waals surface area contributed by atoms with Crippen LogP contribution in [-0.4, -0.2) is 10.9 Å². The first-order valence-corrected chi connectivity index (χ1v) is 6.10. The zero-order valence-corrected chi connectivity index (χ0v) is 10.6. The minimum atomic E-state index is -0.232. The number of hydrogen-bond acceptors (Lipinski definition) is 4. The molecule has 0 aliphatic heterocycles. The van der Waals surface area contributed by atoms with Gasteiger partial charge in [0.25, 0.3) is 5.91 Å². The Bertz CT molecular complexity index is 550. The Morgan fingerprint density at radius 2 is 2.29 bits per heavy atom. The summed E-state index contributed by atoms with van der Waals surface area (Å²) in [5.74, 6) is -0.232. The molecule has 2 heterocycles. The summed E-state index contributed by atoms with van der Waals surface area (Å²) in [6.45, 7) is 1.87. The Hall–Kier alpha value is -1.59. The summed E-state index contributed by atoms with van der Waals surface area (Å²) in [6.07, 6.45) is 1.50. The van der Waals surface area contributed by atoms with Crippen LogP contribution in [0, 0.1) is 6.92 Å². The van der Waals surface area contributed by atoms with E-state index in [1.54, 1.807) is 12.1 Å². The normalized spacial score (nSPS) is 10.2. The van der Waals surface area contributed by atoms with E-state index in [1.165, 1.54) is 17.5 Å². The highest BCUT2D eigenvalue weighted by molar-refractivity contribution is 7.13. The average molecular weight is 268 g/mol. The molecule has 1 amide bonds. The summed E-state index contributed by atoms with van der Waals surface area (Å²) in [5, 5.41) is 4.95. The molecule has 0 atom stereocenters. The summed E-state index contributed by atoms with van der Waals surface area (Å²) in [4.78, 5) is 16.3. The number of carbonyl (C=O) groups is 1. The van der Waals surface area contributed by atoms with Crippen LogP contribution < -0.4 is 11.1 Å². The molecule has 0 fully saturated rings. The number of thiophene rings is 1. The van der Waals surface area contributed by atoms with E-state index in [4.69, 9.17) is 17.3 Å². The highest BCUT2D eigenvalue weighted by Crippen LogP contribution is 2.25. The first-order chi connectivity index (χ1) is 8.08. The van der Waals surface area contributed by atoms with E-state index in [0.717, 1.165) is 5.56 Å². The van der Waals surface area contributed by atoms with Crippen LogP contribution in [0.3, 0.4) is 0 Å². The van der Waals surface area contributed by atoms with Gasteiger partial charge in [0.1, 0.15) is 10.0 Å². The summed E-state index contributed by atoms with van der Waals surface area (Å²) in [7, 11) is 0. The molecule has 17 heavy (non-hydrogen) atoms. The van der Waals surface area contributed by atoms with Crippen molar-refractivity contribution in [1.82, 2.24) is 4.98 Å². The molecule has 3 N–H and O–H groups in total. The second-order valence-electron chi connectivity index (χ2n) is 3.49. The van der Waals surface area contributed by atoms with Crippen molar-refractivity contribution in [1.29, 1.82) is 0 Å². The molecule has 2 rings (SSSR count). The maximum Gasteiger partial charge on any atom is 0.267 e. The van der Waals surface area contributed by atoms with Gasteiger partial charge < -0.3 is 11.1 Å². The van der Waals surface area contributed by atoms with Gasteiger partial charge in [-0.05, 0) is 30.0 Å². The summed E-state index contributed by atoms with van der Waals surface area (Å²) in [5.41, 5.74) is 7.82. The Morgan fingerprint density at radius 1 is 1.53 bits per heavy atom. The Labute approximate surface area is 107 Å². The zero-order valence-electron chi connectivity index (χ0n) is 9.03. The molecule has 0 unspecified atom stereocenters. The monoisotopic (exact) mass is 267 g/mol. The first-order valence-electron chi connectivity index (χ1n) is 4.84. The van der Waals surface area contributed by atoms with Gasteiger partial charge in [-0.2, -0.15) is 0 Å². The van der Waals surface area contributed by atoms with Crippen molar-refractivity contribution in [2.75, 3.05) is 11.1 Å². The van der Waals surface area contributed by atoms with Gasteiger partial charge in [-0.3, -0.25) is 4.79 Å². The predicted octanol–water partition coefficient (Wildman–Crippen LogP) is 2.94. The fourth-order valence-electron chi connectivity index (χ4n) is 1.27. The number of nitrogens with zero attached hydrogens (tertiary/aromatic N) is 1. The quantitative estimate of drug-likeness (QED) is 0.822. The molecule has 4 nitrogen and oxygen atoms in total. The van der Waals surface area contributed by atoms with Gasteiger partial charge in [0.15, 0.2) is 0 Å². The first kappa shape index (κ1) is 11.9. The second kappa shape index (κ2) is 4.73. The summed E-state index contributed by atoms with van der Waals surface area (Å²) >= 11 is 6.98. The number of nitrogen functional groups attached to an aromatic ring is 1. The van der Waals surface area contributed by atoms with Crippen LogP contribution in [0.15, 0.2) is 23.7 Å². The molecule has 0 aromatic carbocycles. The standard InChI is InChI=1S/C11H10ClN3OS/c1-6-5-17-10(9(6)13)11(16)15-7-2-3-8(12)14-4-7/h2-5H,13H2,1H3,(H,15,16). The summed E-state index contributed by atoms with van der Waals surface area (Å²) in [6, 6.07) is 3.30. The number of halogens is 1. The van der Waals surface area contributed by atoms with Crippen molar-refractivity contribution in [3.8, 4) is 0 Å². The summed E-state index contributed by atoms with van der Waals surface area (Å²) < 4.78 is 0. The van der Waals surface area contributed by atoms with E-state index in [1.807, 2.05) is 12.3 Å². The van der Waals surface area contributed by atoms with Crippen LogP contribution in [0.4, 0.5) is 11.4 Å². The van der Waals surface area contributed by atoms with Crippen molar-refractivity contribution in [3.05, 3.63) is 39.3 Å². The van der Waals surface area contributed by atoms with E-state index >= 15 is 0 Å². The third kappa shape index (κ3) is 2.57. The fraction of sp³-hybridized carbons (Fsp3) is 0.0909. The van der Waals surface area contributed by atoms with Gasteiger partial charge in [-0.15, -0.1) is 11.3 Å². The topological polar surface area (TPSA) is 68.0 Å². The lowest BCUT2D eigenvalue weighted by Gasteiger charge is -2.04. The fourth-order valence-corrected chi connectivity index (χ4v) is 2.25. The van der Waals surface area contributed by atoms with Crippen LogP contribution in [0.5, 0.6) is 0 Å². The maximum atomic E-state index is 11.9. The van der Waals surface area contributed by atoms with Crippen LogP contribution in [0.1, 0.15) is 15.2 Å². The SMILES string of the molecule is Cc1csc(C(=O)Nc2ccc(Cl)nc2)c1N. The van der Waals surface area contributed by atoms with E-state index in [9.17, 15) is 4.79 Å². The molecule has 2 aromatic heterocycles. The molecular weight excluding hydrogens is 258 g/mol. The number of carbonyl (C=O) groups excluding carboxylic acids is 1. The van der Waals surface area contributed by atoms with Gasteiger partial charge in [0.2, 0.25) is 0 Å². The Morgan fingerprint density at radius 3 is 2.82 bits per heavy atom. The van der Waals surface area contributed by atoms with Gasteiger partial charge in [0, 0.05) is 0 Å². The lowest BCUT2D eigenvalue weighted by molar-refractivity contribution is 0.103. The van der Waals surface area contributed by atoms with E-state index < -0.39 is 0 Å². The molecular formula is C11H10ClN3OS. The maximum absolute atomic E-state index is 11.9. The van der Waals surface area contributed by atoms with Gasteiger partial charge in [-0.25, -0.2) is 4.98 Å². The highest BCUT2D eigenvalue weighted by atomic mass is 35.5. The van der Waals surface area contributed by atoms with Crippen LogP contribution in [-0.2, 0) is 0 Å². The Kier molecular flexibility index (Phi) is 3.31. The third-order valence-electron chi connectivity index (χ3n) is 2.21. The molecule has 0 aliphatic rings. The number of amides is 1. The predicted molar refractivity (Wildman–Crippen MR) is 70.7 cm³/mol. The number of nitrogens with one attached hydrogen (secondary N) is 1. The van der Waals surface area contributed by atoms with Crippen molar-refractivity contribution < 1.29 is 4.79 Å². The van der Waals surface area contributed by atoms with E-state index in [-0.39, 0.29) is 5.91 Å². The molecule has 0 saturated carbocycles. The smallest absolute Gasteiger partial charge is 0.267 e. The van der Waals surface area contributed by atoms with Crippen molar-refractivity contribution in [2.45, 2.75) is 6.92 Å². The number of anilines is 2. The Balaban J connectivity index is 2.17. The molecule has 0 bridgehead atoms. The van der Waals surface area contributed by atoms with Crippen LogP contribution in [0.25, 0.3) is 0 Å². The van der Waals surface area contributed by atoms with Crippen molar-refractivity contribution >= 4 is 40.2 Å². The molecule has 0 aliphatic carbocycles. The number of aryl methyl sites for hydroxylation is 1. The zero-order chi connectivity index (χ0) is 12.4. The minimum absolute atomic E-state index is 0.232. The highest BCUT2D eigenvalue weighted by Gasteiger charge is 2.13. The lowest BCUT2D eigenvalue weighted by Crippen LogP contribution is -2.12. The van der Waals surface area contributed by atoms with Crippen LogP contribution in [0.2, 0.25) is 5.15 Å². The third-order valence-corrected chi connectivity index (χ3v) is 3.55. The average Bonchev–Trinajstić information content (AvgIpc) is 2.63. The van der Waals surface area contributed by atoms with Crippen molar-refractivity contribution in [2.24, 2.45) is 0 Å².